The van der Waals surface area contributed by atoms with E-state index in [1.165, 1.54) is 0 Å². The van der Waals surface area contributed by atoms with Gasteiger partial charge in [-0.05, 0) is 32.9 Å². The summed E-state index contributed by atoms with van der Waals surface area (Å²) in [4.78, 5) is 31.1. The molecule has 22 heavy (non-hydrogen) atoms. The third-order valence-corrected chi connectivity index (χ3v) is 2.98. The van der Waals surface area contributed by atoms with Crippen LogP contribution in [0.4, 0.5) is 10.5 Å². The van der Waals surface area contributed by atoms with Crippen molar-refractivity contribution in [3.8, 4) is 5.75 Å². The van der Waals surface area contributed by atoms with Gasteiger partial charge >= 0.3 is 11.8 Å². The zero-order valence-electron chi connectivity index (χ0n) is 13.2. The fraction of sp³-hybridized carbons (Fsp3) is 0.533. The molecule has 1 amide bonds. The monoisotopic (exact) mass is 308 g/mol. The van der Waals surface area contributed by atoms with Gasteiger partial charge in [0.05, 0.1) is 4.91 Å². The molecule has 1 heterocycles. The standard InChI is InChI=1S/C15H22N3O4/c1-15(2,3)22-18(20)12-4-6-13(7-5-12)21-14(19)17-10-8-16-9-11-17/h4-7,16H,8-11H2,1-3H3/q+1. The minimum absolute atomic E-state index is 0.344. The van der Waals surface area contributed by atoms with Gasteiger partial charge in [0.2, 0.25) is 0 Å². The quantitative estimate of drug-likeness (QED) is 0.867. The Labute approximate surface area is 129 Å². The Morgan fingerprint density at radius 2 is 1.77 bits per heavy atom. The topological polar surface area (TPSA) is 70.9 Å². The summed E-state index contributed by atoms with van der Waals surface area (Å²) in [5.74, 6) is 0.399. The highest BCUT2D eigenvalue weighted by Gasteiger charge is 2.26. The average Bonchev–Trinajstić information content (AvgIpc) is 2.47. The van der Waals surface area contributed by atoms with Crippen LogP contribution < -0.4 is 10.1 Å². The lowest BCUT2D eigenvalue weighted by molar-refractivity contribution is -0.766. The van der Waals surface area contributed by atoms with E-state index in [0.717, 1.165) is 13.1 Å². The summed E-state index contributed by atoms with van der Waals surface area (Å²) in [5, 5.41) is 3.17. The Kier molecular flexibility index (Phi) is 4.97. The Morgan fingerprint density at radius 1 is 1.18 bits per heavy atom. The highest BCUT2D eigenvalue weighted by molar-refractivity contribution is 5.70. The molecule has 1 saturated heterocycles. The summed E-state index contributed by atoms with van der Waals surface area (Å²) in [6.45, 7) is 8.17. The van der Waals surface area contributed by atoms with Crippen molar-refractivity contribution in [2.45, 2.75) is 26.4 Å². The molecule has 7 nitrogen and oxygen atoms in total. The maximum atomic E-state index is 12.0. The van der Waals surface area contributed by atoms with Gasteiger partial charge in [-0.3, -0.25) is 0 Å². The molecule has 0 bridgehead atoms. The van der Waals surface area contributed by atoms with Crippen LogP contribution in [0.15, 0.2) is 24.3 Å². The van der Waals surface area contributed by atoms with Gasteiger partial charge in [0.1, 0.15) is 5.75 Å². The largest absolute Gasteiger partial charge is 0.415 e. The molecule has 1 aromatic carbocycles. The fourth-order valence-corrected chi connectivity index (χ4v) is 1.95. The van der Waals surface area contributed by atoms with Crippen LogP contribution >= 0.6 is 0 Å². The number of amides is 1. The normalized spacial score (nSPS) is 15.3. The molecular formula is C15H22N3O4+. The van der Waals surface area contributed by atoms with Crippen LogP contribution in [0.3, 0.4) is 0 Å². The predicted octanol–water partition coefficient (Wildman–Crippen LogP) is 2.23. The number of piperazine rings is 1. The average molecular weight is 308 g/mol. The van der Waals surface area contributed by atoms with E-state index in [0.29, 0.717) is 29.4 Å². The predicted molar refractivity (Wildman–Crippen MR) is 81.0 cm³/mol. The zero-order chi connectivity index (χ0) is 16.2. The van der Waals surface area contributed by atoms with E-state index in [9.17, 15) is 9.70 Å². The number of hydrogen-bond acceptors (Lipinski definition) is 5. The van der Waals surface area contributed by atoms with Gasteiger partial charge < -0.3 is 15.0 Å². The maximum Gasteiger partial charge on any atom is 0.415 e. The van der Waals surface area contributed by atoms with E-state index in [1.807, 2.05) is 0 Å². The SMILES string of the molecule is CC(C)(C)O[N+](=O)c1ccc(OC(=O)N2CCNCC2)cc1. The highest BCUT2D eigenvalue weighted by Crippen LogP contribution is 2.21. The lowest BCUT2D eigenvalue weighted by atomic mass is 10.2. The summed E-state index contributed by atoms with van der Waals surface area (Å²) < 4.78 is 5.29. The zero-order valence-corrected chi connectivity index (χ0v) is 13.2. The van der Waals surface area contributed by atoms with Crippen molar-refractivity contribution >= 4 is 11.8 Å². The smallest absolute Gasteiger partial charge is 0.410 e. The van der Waals surface area contributed by atoms with Crippen molar-refractivity contribution in [3.05, 3.63) is 29.2 Å². The molecule has 0 unspecified atom stereocenters. The number of rotatable bonds is 3. The van der Waals surface area contributed by atoms with Gasteiger partial charge in [0.15, 0.2) is 5.60 Å². The second-order valence-electron chi connectivity index (χ2n) is 6.06. The Balaban J connectivity index is 1.94. The van der Waals surface area contributed by atoms with Crippen LogP contribution in [0.2, 0.25) is 0 Å². The molecule has 120 valence electrons. The van der Waals surface area contributed by atoms with Crippen molar-refractivity contribution in [2.75, 3.05) is 26.2 Å². The third kappa shape index (κ3) is 4.70. The fourth-order valence-electron chi connectivity index (χ4n) is 1.95. The number of nitrogens with zero attached hydrogens (tertiary/aromatic N) is 2. The second-order valence-corrected chi connectivity index (χ2v) is 6.06. The first-order valence-electron chi connectivity index (χ1n) is 7.29. The van der Waals surface area contributed by atoms with Crippen LogP contribution in [0.25, 0.3) is 0 Å². The lowest BCUT2D eigenvalue weighted by Gasteiger charge is -2.26. The van der Waals surface area contributed by atoms with Gasteiger partial charge in [-0.1, -0.05) is 0 Å². The molecule has 0 aromatic heterocycles. The van der Waals surface area contributed by atoms with Crippen LogP contribution in [0, 0.1) is 4.91 Å². The Bertz CT molecular complexity index is 531. The summed E-state index contributed by atoms with van der Waals surface area (Å²) in [5.41, 5.74) is -0.230. The first kappa shape index (κ1) is 16.2. The maximum absolute atomic E-state index is 12.0. The molecule has 1 N–H and O–H groups in total. The van der Waals surface area contributed by atoms with E-state index in [-0.39, 0.29) is 6.09 Å². The Morgan fingerprint density at radius 3 is 2.32 bits per heavy atom. The van der Waals surface area contributed by atoms with E-state index in [1.54, 1.807) is 49.9 Å². The van der Waals surface area contributed by atoms with Crippen molar-refractivity contribution in [1.29, 1.82) is 0 Å². The van der Waals surface area contributed by atoms with E-state index >= 15 is 0 Å². The first-order valence-corrected chi connectivity index (χ1v) is 7.29. The van der Waals surface area contributed by atoms with Gasteiger partial charge in [0.25, 0.3) is 4.92 Å². The molecule has 1 aliphatic rings. The second kappa shape index (κ2) is 6.74. The number of hydrogen-bond donors (Lipinski definition) is 1. The van der Waals surface area contributed by atoms with Crippen molar-refractivity contribution in [1.82, 2.24) is 10.2 Å². The van der Waals surface area contributed by atoms with E-state index < -0.39 is 5.60 Å². The van der Waals surface area contributed by atoms with E-state index in [4.69, 9.17) is 9.57 Å². The molecule has 2 rings (SSSR count). The summed E-state index contributed by atoms with van der Waals surface area (Å²) >= 11 is 0. The van der Waals surface area contributed by atoms with Crippen molar-refractivity contribution in [2.24, 2.45) is 0 Å². The summed E-state index contributed by atoms with van der Waals surface area (Å²) in [7, 11) is 0. The van der Waals surface area contributed by atoms with Gasteiger partial charge in [-0.2, -0.15) is 0 Å². The lowest BCUT2D eigenvalue weighted by Crippen LogP contribution is -2.47. The van der Waals surface area contributed by atoms with E-state index in [2.05, 4.69) is 5.32 Å². The van der Waals surface area contributed by atoms with Crippen molar-refractivity contribution < 1.29 is 19.3 Å². The molecule has 7 heteroatoms. The highest BCUT2D eigenvalue weighted by atomic mass is 16.8. The van der Waals surface area contributed by atoms with Crippen LogP contribution in [-0.2, 0) is 4.84 Å². The number of benzene rings is 1. The molecule has 1 aromatic rings. The minimum atomic E-state index is -0.574. The molecule has 0 atom stereocenters. The number of nitrogens with one attached hydrogen (secondary N) is 1. The minimum Gasteiger partial charge on any atom is -0.410 e. The molecule has 1 aliphatic heterocycles. The van der Waals surface area contributed by atoms with Gasteiger partial charge in [-0.25, -0.2) is 9.63 Å². The van der Waals surface area contributed by atoms with Gasteiger partial charge in [0, 0.05) is 38.3 Å². The molecule has 0 spiro atoms. The third-order valence-electron chi connectivity index (χ3n) is 2.98. The van der Waals surface area contributed by atoms with Crippen LogP contribution in [-0.4, -0.2) is 47.7 Å². The summed E-state index contributed by atoms with van der Waals surface area (Å²) in [6, 6.07) is 6.26. The van der Waals surface area contributed by atoms with Gasteiger partial charge in [-0.15, -0.1) is 0 Å². The Hall–Kier alpha value is -2.15. The van der Waals surface area contributed by atoms with Crippen molar-refractivity contribution in [3.63, 3.8) is 0 Å². The first-order chi connectivity index (χ1) is 10.3. The number of carbonyl (C=O) groups excluding carboxylic acids is 1. The number of ether oxygens (including phenoxy) is 1. The molecule has 1 fully saturated rings. The molecule has 0 aliphatic carbocycles. The molecular weight excluding hydrogens is 286 g/mol. The number of carbonyl (C=O) groups is 1. The summed E-state index contributed by atoms with van der Waals surface area (Å²) in [6.07, 6.45) is -0.376. The van der Waals surface area contributed by atoms with Crippen LogP contribution in [0.5, 0.6) is 5.75 Å². The molecule has 0 radical (unpaired) electrons. The molecule has 0 saturated carbocycles. The van der Waals surface area contributed by atoms with Crippen LogP contribution in [0.1, 0.15) is 20.8 Å².